The van der Waals surface area contributed by atoms with Crippen molar-refractivity contribution in [1.29, 1.82) is 0 Å². The fourth-order valence-electron chi connectivity index (χ4n) is 2.23. The number of benzene rings is 1. The number of rotatable bonds is 6. The molecule has 0 radical (unpaired) electrons. The first-order chi connectivity index (χ1) is 12.6. The highest BCUT2D eigenvalue weighted by Gasteiger charge is 2.39. The lowest BCUT2D eigenvalue weighted by atomic mass is 10.1. The van der Waals surface area contributed by atoms with Gasteiger partial charge in [-0.15, -0.1) is 0 Å². The summed E-state index contributed by atoms with van der Waals surface area (Å²) in [5, 5.41) is 0. The maximum Gasteiger partial charge on any atom is 0.418 e. The molecule has 0 aliphatic rings. The minimum Gasteiger partial charge on any atom is -0.469 e. The van der Waals surface area contributed by atoms with E-state index in [4.69, 9.17) is 9.47 Å². The average Bonchev–Trinajstić information content (AvgIpc) is 2.62. The van der Waals surface area contributed by atoms with Crippen molar-refractivity contribution < 1.29 is 33.4 Å². The molecule has 0 saturated heterocycles. The summed E-state index contributed by atoms with van der Waals surface area (Å²) in [5.41, 5.74) is -0.703. The molecule has 1 aromatic carbocycles. The minimum absolute atomic E-state index is 0.156. The molecule has 148 valence electrons. The van der Waals surface area contributed by atoms with Gasteiger partial charge >= 0.3 is 18.0 Å². The first-order valence-electron chi connectivity index (χ1n) is 8.37. The van der Waals surface area contributed by atoms with Gasteiger partial charge < -0.3 is 14.2 Å². The molecule has 2 amide bonds. The third kappa shape index (κ3) is 6.73. The molecular weight excluding hydrogens is 354 g/mol. The lowest BCUT2D eigenvalue weighted by Gasteiger charge is -2.30. The van der Waals surface area contributed by atoms with Gasteiger partial charge in [0.15, 0.2) is 0 Å². The van der Waals surface area contributed by atoms with E-state index in [9.17, 15) is 19.2 Å². The number of hydrogen-bond donors (Lipinski definition) is 0. The van der Waals surface area contributed by atoms with E-state index in [1.165, 1.54) is 19.2 Å². The van der Waals surface area contributed by atoms with Crippen molar-refractivity contribution in [1.82, 2.24) is 4.90 Å². The summed E-state index contributed by atoms with van der Waals surface area (Å²) < 4.78 is 14.6. The summed E-state index contributed by atoms with van der Waals surface area (Å²) in [5.74, 6) is -2.15. The molecule has 0 saturated carbocycles. The van der Waals surface area contributed by atoms with Gasteiger partial charge in [0.1, 0.15) is 11.6 Å². The Morgan fingerprint density at radius 3 is 2.07 bits per heavy atom. The van der Waals surface area contributed by atoms with Gasteiger partial charge in [0.25, 0.3) is 5.91 Å². The fraction of sp³-hybridized carbons (Fsp3) is 0.474. The molecule has 27 heavy (non-hydrogen) atoms. The van der Waals surface area contributed by atoms with Crippen molar-refractivity contribution in [3.63, 3.8) is 0 Å². The zero-order valence-corrected chi connectivity index (χ0v) is 16.2. The summed E-state index contributed by atoms with van der Waals surface area (Å²) in [7, 11) is 2.34. The summed E-state index contributed by atoms with van der Waals surface area (Å²) >= 11 is 0. The van der Waals surface area contributed by atoms with Crippen LogP contribution in [0.4, 0.5) is 4.79 Å². The van der Waals surface area contributed by atoms with Crippen LogP contribution in [0.1, 0.15) is 44.0 Å². The van der Waals surface area contributed by atoms with Gasteiger partial charge in [0.05, 0.1) is 14.2 Å². The molecule has 0 heterocycles. The molecule has 0 bridgehead atoms. The van der Waals surface area contributed by atoms with Crippen molar-refractivity contribution >= 4 is 23.9 Å². The van der Waals surface area contributed by atoms with Crippen molar-refractivity contribution in [3.05, 3.63) is 35.9 Å². The Hall–Kier alpha value is -2.90. The fourth-order valence-corrected chi connectivity index (χ4v) is 2.23. The van der Waals surface area contributed by atoms with Crippen LogP contribution in [0.5, 0.6) is 0 Å². The molecule has 1 rings (SSSR count). The van der Waals surface area contributed by atoms with Crippen LogP contribution in [-0.2, 0) is 23.8 Å². The van der Waals surface area contributed by atoms with Crippen molar-refractivity contribution in [2.24, 2.45) is 0 Å². The van der Waals surface area contributed by atoms with E-state index in [-0.39, 0.29) is 18.4 Å². The molecule has 1 atom stereocenters. The summed E-state index contributed by atoms with van der Waals surface area (Å²) in [6.07, 6.45) is -1.34. The highest BCUT2D eigenvalue weighted by Crippen LogP contribution is 2.19. The predicted octanol–water partition coefficient (Wildman–Crippen LogP) is 2.56. The Labute approximate surface area is 158 Å². The molecule has 0 fully saturated rings. The van der Waals surface area contributed by atoms with Crippen LogP contribution < -0.4 is 0 Å². The first-order valence-corrected chi connectivity index (χ1v) is 8.37. The Kier molecular flexibility index (Phi) is 7.96. The number of methoxy groups -OCH3 is 2. The number of nitrogens with zero attached hydrogens (tertiary/aromatic N) is 1. The van der Waals surface area contributed by atoms with Crippen LogP contribution in [0.25, 0.3) is 0 Å². The second-order valence-electron chi connectivity index (χ2n) is 6.68. The third-order valence-electron chi connectivity index (χ3n) is 3.46. The number of amides is 2. The van der Waals surface area contributed by atoms with Crippen molar-refractivity contribution in [2.75, 3.05) is 14.2 Å². The number of imide groups is 1. The summed E-state index contributed by atoms with van der Waals surface area (Å²) in [6.45, 7) is 4.91. The highest BCUT2D eigenvalue weighted by molar-refractivity contribution is 6.05. The maximum absolute atomic E-state index is 12.9. The van der Waals surface area contributed by atoms with Crippen molar-refractivity contribution in [2.45, 2.75) is 45.3 Å². The van der Waals surface area contributed by atoms with E-state index in [0.29, 0.717) is 4.90 Å². The van der Waals surface area contributed by atoms with Crippen LogP contribution in [0, 0.1) is 0 Å². The standard InChI is InChI=1S/C19H25NO7/c1-19(2,3)27-18(24)20(16(22)13-9-7-6-8-10-13)14(17(23)26-5)11-12-15(21)25-4/h6-10,14H,11-12H2,1-5H3/t14-/m0/s1. The van der Waals surface area contributed by atoms with E-state index < -0.39 is 35.6 Å². The average molecular weight is 379 g/mol. The number of ether oxygens (including phenoxy) is 3. The molecular formula is C19H25NO7. The Bertz CT molecular complexity index is 679. The van der Waals surface area contributed by atoms with Gasteiger partial charge in [-0.3, -0.25) is 9.59 Å². The summed E-state index contributed by atoms with van der Waals surface area (Å²) in [6, 6.07) is 6.65. The number of esters is 2. The summed E-state index contributed by atoms with van der Waals surface area (Å²) in [4.78, 5) is 50.1. The zero-order chi connectivity index (χ0) is 20.6. The Morgan fingerprint density at radius 1 is 1.00 bits per heavy atom. The number of hydrogen-bond acceptors (Lipinski definition) is 7. The minimum atomic E-state index is -1.34. The Balaban J connectivity index is 3.28. The second-order valence-corrected chi connectivity index (χ2v) is 6.68. The normalized spacial score (nSPS) is 11.9. The number of carbonyl (C=O) groups is 4. The van der Waals surface area contributed by atoms with Crippen LogP contribution in [0.3, 0.4) is 0 Å². The van der Waals surface area contributed by atoms with E-state index >= 15 is 0 Å². The van der Waals surface area contributed by atoms with Crippen molar-refractivity contribution in [3.8, 4) is 0 Å². The largest absolute Gasteiger partial charge is 0.469 e. The Morgan fingerprint density at radius 2 is 1.59 bits per heavy atom. The monoisotopic (exact) mass is 379 g/mol. The van der Waals surface area contributed by atoms with E-state index in [2.05, 4.69) is 4.74 Å². The van der Waals surface area contributed by atoms with Crippen LogP contribution in [0.15, 0.2) is 30.3 Å². The third-order valence-corrected chi connectivity index (χ3v) is 3.46. The molecule has 1 aromatic rings. The zero-order valence-electron chi connectivity index (χ0n) is 16.2. The van der Waals surface area contributed by atoms with E-state index in [1.807, 2.05) is 0 Å². The molecule has 0 spiro atoms. The quantitative estimate of drug-likeness (QED) is 0.553. The van der Waals surface area contributed by atoms with Crippen LogP contribution in [0.2, 0.25) is 0 Å². The molecule has 0 unspecified atom stereocenters. The molecule has 8 heteroatoms. The molecule has 8 nitrogen and oxygen atoms in total. The van der Waals surface area contributed by atoms with Gasteiger partial charge in [-0.05, 0) is 39.3 Å². The maximum atomic E-state index is 12.9. The topological polar surface area (TPSA) is 99.2 Å². The van der Waals surface area contributed by atoms with E-state index in [0.717, 1.165) is 7.11 Å². The van der Waals surface area contributed by atoms with Gasteiger partial charge in [-0.2, -0.15) is 0 Å². The smallest absolute Gasteiger partial charge is 0.418 e. The lowest BCUT2D eigenvalue weighted by Crippen LogP contribution is -2.51. The van der Waals surface area contributed by atoms with Gasteiger partial charge in [-0.1, -0.05) is 18.2 Å². The second kappa shape index (κ2) is 9.70. The predicted molar refractivity (Wildman–Crippen MR) is 95.9 cm³/mol. The highest BCUT2D eigenvalue weighted by atomic mass is 16.6. The molecule has 0 aliphatic heterocycles. The van der Waals surface area contributed by atoms with Crippen LogP contribution in [-0.4, -0.2) is 54.7 Å². The SMILES string of the molecule is COC(=O)CC[C@@H](C(=O)OC)N(C(=O)OC(C)(C)C)C(=O)c1ccccc1. The van der Waals surface area contributed by atoms with Gasteiger partial charge in [-0.25, -0.2) is 14.5 Å². The molecule has 0 aliphatic carbocycles. The van der Waals surface area contributed by atoms with Gasteiger partial charge in [0.2, 0.25) is 0 Å². The van der Waals surface area contributed by atoms with E-state index in [1.54, 1.807) is 39.0 Å². The first kappa shape index (κ1) is 22.1. The number of carbonyl (C=O) groups excluding carboxylic acids is 4. The van der Waals surface area contributed by atoms with Crippen LogP contribution >= 0.6 is 0 Å². The lowest BCUT2D eigenvalue weighted by molar-refractivity contribution is -0.147. The molecule has 0 aromatic heterocycles. The molecule has 0 N–H and O–H groups in total. The van der Waals surface area contributed by atoms with Gasteiger partial charge in [0, 0.05) is 12.0 Å².